The van der Waals surface area contributed by atoms with Crippen LogP contribution in [-0.4, -0.2) is 17.2 Å². The van der Waals surface area contributed by atoms with Gasteiger partial charge in [0.25, 0.3) is 0 Å². The predicted molar refractivity (Wildman–Crippen MR) is 128 cm³/mol. The van der Waals surface area contributed by atoms with Gasteiger partial charge in [-0.3, -0.25) is 0 Å². The number of aliphatic carboxylic acids is 1. The number of carboxylic acids is 1. The van der Waals surface area contributed by atoms with Gasteiger partial charge in [-0.1, -0.05) is 103 Å². The smallest absolute Gasteiger partial charge is 0.328 e. The first-order chi connectivity index (χ1) is 14.7. The topological polar surface area (TPSA) is 46.5 Å². The first-order valence-corrected chi connectivity index (χ1v) is 12.3. The molecule has 170 valence electrons. The molecule has 30 heavy (non-hydrogen) atoms. The van der Waals surface area contributed by atoms with Crippen molar-refractivity contribution in [2.45, 2.75) is 116 Å². The Morgan fingerprint density at radius 3 is 1.80 bits per heavy atom. The van der Waals surface area contributed by atoms with E-state index >= 15 is 0 Å². The molecule has 1 rings (SSSR count). The molecule has 0 aromatic heterocycles. The van der Waals surface area contributed by atoms with Crippen molar-refractivity contribution >= 4 is 12.0 Å². The summed E-state index contributed by atoms with van der Waals surface area (Å²) in [4.78, 5) is 10.6. The lowest BCUT2D eigenvalue weighted by molar-refractivity contribution is -0.131. The monoisotopic (exact) mass is 416 g/mol. The summed E-state index contributed by atoms with van der Waals surface area (Å²) in [6.07, 6.45) is 23.1. The van der Waals surface area contributed by atoms with E-state index in [2.05, 4.69) is 13.8 Å². The fourth-order valence-electron chi connectivity index (χ4n) is 3.75. The molecule has 1 aromatic rings. The van der Waals surface area contributed by atoms with E-state index in [0.29, 0.717) is 0 Å². The second kappa shape index (κ2) is 18.0. The SMILES string of the molecule is CCCCCCCCCCCCCCCC(CC)Oc1ccc(/C=C/C(=O)O)cc1. The fraction of sp³-hybridized carbons (Fsp3) is 0.667. The number of hydrogen-bond donors (Lipinski definition) is 1. The summed E-state index contributed by atoms with van der Waals surface area (Å²) < 4.78 is 6.11. The van der Waals surface area contributed by atoms with Crippen molar-refractivity contribution in [1.29, 1.82) is 0 Å². The Morgan fingerprint density at radius 1 is 0.833 bits per heavy atom. The number of unbranched alkanes of at least 4 members (excludes halogenated alkanes) is 12. The van der Waals surface area contributed by atoms with E-state index in [4.69, 9.17) is 9.84 Å². The number of ether oxygens (including phenoxy) is 1. The third-order valence-electron chi connectivity index (χ3n) is 5.69. The molecule has 0 amide bonds. The lowest BCUT2D eigenvalue weighted by Gasteiger charge is -2.17. The maximum Gasteiger partial charge on any atom is 0.328 e. The zero-order chi connectivity index (χ0) is 21.9. The van der Waals surface area contributed by atoms with Gasteiger partial charge in [0, 0.05) is 6.08 Å². The standard InChI is InChI=1S/C27H44O3/c1-3-5-6-7-8-9-10-11-12-13-14-15-16-17-25(4-2)30-26-21-18-24(19-22-26)20-23-27(28)29/h18-23,25H,3-17H2,1-2H3,(H,28,29)/b23-20+. The molecule has 0 spiro atoms. The zero-order valence-corrected chi connectivity index (χ0v) is 19.4. The quantitative estimate of drug-likeness (QED) is 0.182. The second-order valence-electron chi connectivity index (χ2n) is 8.42. The minimum absolute atomic E-state index is 0.262. The largest absolute Gasteiger partial charge is 0.490 e. The van der Waals surface area contributed by atoms with E-state index in [9.17, 15) is 4.79 Å². The molecular formula is C27H44O3. The average molecular weight is 417 g/mol. The molecule has 1 unspecified atom stereocenters. The van der Waals surface area contributed by atoms with Crippen LogP contribution in [0.5, 0.6) is 5.75 Å². The Balaban J connectivity index is 2.05. The van der Waals surface area contributed by atoms with E-state index in [1.54, 1.807) is 6.08 Å². The van der Waals surface area contributed by atoms with Crippen LogP contribution in [0.1, 0.15) is 116 Å². The molecule has 1 atom stereocenters. The maximum atomic E-state index is 10.6. The maximum absolute atomic E-state index is 10.6. The summed E-state index contributed by atoms with van der Waals surface area (Å²) in [6.45, 7) is 4.45. The van der Waals surface area contributed by atoms with Crippen molar-refractivity contribution in [2.24, 2.45) is 0 Å². The third-order valence-corrected chi connectivity index (χ3v) is 5.69. The van der Waals surface area contributed by atoms with Crippen LogP contribution in [-0.2, 0) is 4.79 Å². The Bertz CT molecular complexity index is 562. The molecule has 0 saturated heterocycles. The van der Waals surface area contributed by atoms with Crippen LogP contribution in [0.3, 0.4) is 0 Å². The summed E-state index contributed by atoms with van der Waals surface area (Å²) in [6, 6.07) is 7.64. The number of carbonyl (C=O) groups is 1. The highest BCUT2D eigenvalue weighted by molar-refractivity contribution is 5.85. The van der Waals surface area contributed by atoms with Crippen LogP contribution < -0.4 is 4.74 Å². The second-order valence-corrected chi connectivity index (χ2v) is 8.42. The van der Waals surface area contributed by atoms with Crippen LogP contribution in [0.25, 0.3) is 6.08 Å². The zero-order valence-electron chi connectivity index (χ0n) is 19.4. The molecule has 0 aliphatic carbocycles. The van der Waals surface area contributed by atoms with Gasteiger partial charge in [-0.2, -0.15) is 0 Å². The van der Waals surface area contributed by atoms with Crippen molar-refractivity contribution in [3.8, 4) is 5.75 Å². The van der Waals surface area contributed by atoms with Crippen molar-refractivity contribution < 1.29 is 14.6 Å². The highest BCUT2D eigenvalue weighted by Crippen LogP contribution is 2.19. The molecule has 0 radical (unpaired) electrons. The molecule has 0 saturated carbocycles. The first-order valence-electron chi connectivity index (χ1n) is 12.3. The van der Waals surface area contributed by atoms with Gasteiger partial charge in [0.05, 0.1) is 6.10 Å². The van der Waals surface area contributed by atoms with Gasteiger partial charge in [0.15, 0.2) is 0 Å². The summed E-state index contributed by atoms with van der Waals surface area (Å²) in [5.41, 5.74) is 0.870. The van der Waals surface area contributed by atoms with E-state index in [0.717, 1.165) is 30.2 Å². The van der Waals surface area contributed by atoms with Crippen molar-refractivity contribution in [2.75, 3.05) is 0 Å². The summed E-state index contributed by atoms with van der Waals surface area (Å²) in [7, 11) is 0. The van der Waals surface area contributed by atoms with Gasteiger partial charge in [-0.05, 0) is 43.0 Å². The van der Waals surface area contributed by atoms with E-state index < -0.39 is 5.97 Å². The highest BCUT2D eigenvalue weighted by atomic mass is 16.5. The van der Waals surface area contributed by atoms with E-state index in [1.807, 2.05) is 24.3 Å². The van der Waals surface area contributed by atoms with Gasteiger partial charge in [-0.15, -0.1) is 0 Å². The molecule has 0 aliphatic rings. The molecule has 1 aromatic carbocycles. The predicted octanol–water partition coefficient (Wildman–Crippen LogP) is 8.42. The molecular weight excluding hydrogens is 372 g/mol. The molecule has 3 nitrogen and oxygen atoms in total. The molecule has 0 heterocycles. The molecule has 0 bridgehead atoms. The van der Waals surface area contributed by atoms with Crippen molar-refractivity contribution in [1.82, 2.24) is 0 Å². The number of rotatable bonds is 19. The Kier molecular flexibility index (Phi) is 15.8. The summed E-state index contributed by atoms with van der Waals surface area (Å²) in [5, 5.41) is 8.69. The number of hydrogen-bond acceptors (Lipinski definition) is 2. The van der Waals surface area contributed by atoms with Gasteiger partial charge >= 0.3 is 5.97 Å². The Morgan fingerprint density at radius 2 is 1.33 bits per heavy atom. The lowest BCUT2D eigenvalue weighted by atomic mass is 10.0. The summed E-state index contributed by atoms with van der Waals surface area (Å²) in [5.74, 6) is -0.0665. The Hall–Kier alpha value is -1.77. The van der Waals surface area contributed by atoms with Crippen LogP contribution >= 0.6 is 0 Å². The first kappa shape index (κ1) is 26.3. The lowest BCUT2D eigenvalue weighted by Crippen LogP contribution is -2.15. The van der Waals surface area contributed by atoms with Crippen LogP contribution in [0.4, 0.5) is 0 Å². The van der Waals surface area contributed by atoms with Crippen molar-refractivity contribution in [3.63, 3.8) is 0 Å². The molecule has 0 aliphatic heterocycles. The highest BCUT2D eigenvalue weighted by Gasteiger charge is 2.08. The third kappa shape index (κ3) is 14.3. The number of carboxylic acid groups (broad SMARTS) is 1. The Labute approximate surface area is 184 Å². The van der Waals surface area contributed by atoms with Crippen LogP contribution in [0.15, 0.2) is 30.3 Å². The molecule has 3 heteroatoms. The van der Waals surface area contributed by atoms with Gasteiger partial charge in [0.1, 0.15) is 5.75 Å². The minimum Gasteiger partial charge on any atom is -0.490 e. The van der Waals surface area contributed by atoms with Gasteiger partial charge < -0.3 is 9.84 Å². The van der Waals surface area contributed by atoms with Gasteiger partial charge in [0.2, 0.25) is 0 Å². The van der Waals surface area contributed by atoms with Gasteiger partial charge in [-0.25, -0.2) is 4.79 Å². The van der Waals surface area contributed by atoms with E-state index in [1.165, 1.54) is 83.5 Å². The summed E-state index contributed by atoms with van der Waals surface area (Å²) >= 11 is 0. The van der Waals surface area contributed by atoms with Crippen molar-refractivity contribution in [3.05, 3.63) is 35.9 Å². The average Bonchev–Trinajstić information content (AvgIpc) is 2.75. The van der Waals surface area contributed by atoms with Crippen LogP contribution in [0.2, 0.25) is 0 Å². The van der Waals surface area contributed by atoms with Crippen LogP contribution in [0, 0.1) is 0 Å². The number of benzene rings is 1. The van der Waals surface area contributed by atoms with E-state index in [-0.39, 0.29) is 6.10 Å². The molecule has 0 fully saturated rings. The molecule has 1 N–H and O–H groups in total. The minimum atomic E-state index is -0.931. The fourth-order valence-corrected chi connectivity index (χ4v) is 3.75. The normalized spacial score (nSPS) is 12.3.